The second kappa shape index (κ2) is 4.80. The summed E-state index contributed by atoms with van der Waals surface area (Å²) in [5, 5.41) is 9.47. The molecule has 1 aromatic rings. The lowest BCUT2D eigenvalue weighted by Crippen LogP contribution is -2.23. The van der Waals surface area contributed by atoms with Crippen molar-refractivity contribution in [3.63, 3.8) is 0 Å². The molecule has 1 aromatic carbocycles. The van der Waals surface area contributed by atoms with Crippen LogP contribution in [0.5, 0.6) is 0 Å². The summed E-state index contributed by atoms with van der Waals surface area (Å²) in [5.41, 5.74) is 2.16. The van der Waals surface area contributed by atoms with Gasteiger partial charge >= 0.3 is 5.97 Å². The van der Waals surface area contributed by atoms with Gasteiger partial charge in [0, 0.05) is 23.2 Å². The molecule has 0 aliphatic carbocycles. The minimum absolute atomic E-state index is 0.0414. The maximum absolute atomic E-state index is 10.8. The summed E-state index contributed by atoms with van der Waals surface area (Å²) in [6.07, 6.45) is 0.155. The third-order valence-electron chi connectivity index (χ3n) is 2.94. The Balaban J connectivity index is 2.26. The molecular formula is C13H14ClNO2. The molecule has 3 nitrogen and oxygen atoms in total. The fraction of sp³-hybridized carbons (Fsp3) is 0.308. The van der Waals surface area contributed by atoms with E-state index in [0.29, 0.717) is 18.1 Å². The zero-order chi connectivity index (χ0) is 12.4. The summed E-state index contributed by atoms with van der Waals surface area (Å²) in [4.78, 5) is 12.9. The largest absolute Gasteiger partial charge is 0.481 e. The summed E-state index contributed by atoms with van der Waals surface area (Å²) in [6, 6.07) is 7.87. The number of para-hydroxylation sites is 1. The van der Waals surface area contributed by atoms with Crippen molar-refractivity contribution in [2.75, 3.05) is 18.0 Å². The minimum atomic E-state index is -0.767. The van der Waals surface area contributed by atoms with Gasteiger partial charge in [-0.25, -0.2) is 0 Å². The molecule has 1 unspecified atom stereocenters. The predicted molar refractivity (Wildman–Crippen MR) is 68.6 cm³/mol. The number of rotatable bonds is 4. The number of halogens is 1. The highest BCUT2D eigenvalue weighted by molar-refractivity contribution is 6.29. The Kier molecular flexibility index (Phi) is 3.38. The van der Waals surface area contributed by atoms with E-state index in [0.717, 1.165) is 11.3 Å². The fourth-order valence-electron chi connectivity index (χ4n) is 2.33. The van der Waals surface area contributed by atoms with E-state index in [4.69, 9.17) is 16.7 Å². The highest BCUT2D eigenvalue weighted by Crippen LogP contribution is 2.38. The van der Waals surface area contributed by atoms with E-state index in [1.54, 1.807) is 0 Å². The summed E-state index contributed by atoms with van der Waals surface area (Å²) in [6.45, 7) is 4.94. The third-order valence-corrected chi connectivity index (χ3v) is 3.06. The molecule has 0 radical (unpaired) electrons. The highest BCUT2D eigenvalue weighted by Gasteiger charge is 2.29. The average molecular weight is 252 g/mol. The van der Waals surface area contributed by atoms with E-state index in [9.17, 15) is 4.79 Å². The maximum Gasteiger partial charge on any atom is 0.304 e. The van der Waals surface area contributed by atoms with E-state index in [1.165, 1.54) is 0 Å². The first-order valence-electron chi connectivity index (χ1n) is 5.47. The molecule has 2 rings (SSSR count). The van der Waals surface area contributed by atoms with Gasteiger partial charge in [-0.1, -0.05) is 36.4 Å². The van der Waals surface area contributed by atoms with Crippen LogP contribution in [0.4, 0.5) is 5.69 Å². The van der Waals surface area contributed by atoms with E-state index in [2.05, 4.69) is 11.5 Å². The van der Waals surface area contributed by atoms with Crippen molar-refractivity contribution in [1.82, 2.24) is 0 Å². The number of anilines is 1. The first kappa shape index (κ1) is 12.0. The molecule has 0 aromatic heterocycles. The second-order valence-electron chi connectivity index (χ2n) is 4.25. The molecule has 1 heterocycles. The van der Waals surface area contributed by atoms with Crippen LogP contribution in [0.3, 0.4) is 0 Å². The van der Waals surface area contributed by atoms with Gasteiger partial charge in [-0.2, -0.15) is 0 Å². The van der Waals surface area contributed by atoms with E-state index >= 15 is 0 Å². The molecule has 1 atom stereocenters. The SMILES string of the molecule is C=C(Cl)CN1CC(CC(=O)O)c2ccccc21. The standard InChI is InChI=1S/C13H14ClNO2/c1-9(14)7-15-8-10(6-13(16)17)11-4-2-3-5-12(11)15/h2-5,10H,1,6-8H2,(H,16,17). The average Bonchev–Trinajstić information content (AvgIpc) is 2.56. The molecule has 1 aliphatic heterocycles. The fourth-order valence-corrected chi connectivity index (χ4v) is 2.47. The van der Waals surface area contributed by atoms with E-state index < -0.39 is 5.97 Å². The molecule has 0 amide bonds. The molecule has 0 fully saturated rings. The van der Waals surface area contributed by atoms with Crippen molar-refractivity contribution in [3.8, 4) is 0 Å². The van der Waals surface area contributed by atoms with Crippen molar-refractivity contribution in [1.29, 1.82) is 0 Å². The van der Waals surface area contributed by atoms with E-state index in [1.807, 2.05) is 24.3 Å². The number of carboxylic acids is 1. The van der Waals surface area contributed by atoms with Gasteiger partial charge in [0.15, 0.2) is 0 Å². The topological polar surface area (TPSA) is 40.5 Å². The summed E-state index contributed by atoms with van der Waals surface area (Å²) in [5.74, 6) is -0.726. The van der Waals surface area contributed by atoms with Gasteiger partial charge in [0.1, 0.15) is 0 Å². The number of carbonyl (C=O) groups is 1. The van der Waals surface area contributed by atoms with Crippen molar-refractivity contribution < 1.29 is 9.90 Å². The number of aliphatic carboxylic acids is 1. The van der Waals surface area contributed by atoms with Gasteiger partial charge in [0.05, 0.1) is 13.0 Å². The molecule has 0 bridgehead atoms. The zero-order valence-corrected chi connectivity index (χ0v) is 10.2. The Morgan fingerprint density at radius 2 is 2.24 bits per heavy atom. The van der Waals surface area contributed by atoms with E-state index in [-0.39, 0.29) is 12.3 Å². The van der Waals surface area contributed by atoms with Gasteiger partial charge in [-0.05, 0) is 11.6 Å². The molecule has 17 heavy (non-hydrogen) atoms. The molecular weight excluding hydrogens is 238 g/mol. The van der Waals surface area contributed by atoms with Crippen LogP contribution in [-0.2, 0) is 4.79 Å². The zero-order valence-electron chi connectivity index (χ0n) is 9.40. The number of nitrogens with zero attached hydrogens (tertiary/aromatic N) is 1. The molecule has 1 N–H and O–H groups in total. The Labute approximate surface area is 105 Å². The molecule has 90 valence electrons. The van der Waals surface area contributed by atoms with Gasteiger partial charge in [-0.15, -0.1) is 0 Å². The van der Waals surface area contributed by atoms with Crippen molar-refractivity contribution in [3.05, 3.63) is 41.4 Å². The maximum atomic E-state index is 10.8. The summed E-state index contributed by atoms with van der Waals surface area (Å²) < 4.78 is 0. The first-order chi connectivity index (χ1) is 8.08. The molecule has 0 saturated carbocycles. The first-order valence-corrected chi connectivity index (χ1v) is 5.84. The molecule has 0 saturated heterocycles. The highest BCUT2D eigenvalue weighted by atomic mass is 35.5. The Morgan fingerprint density at radius 3 is 2.88 bits per heavy atom. The number of hydrogen-bond donors (Lipinski definition) is 1. The lowest BCUT2D eigenvalue weighted by molar-refractivity contribution is -0.137. The summed E-state index contributed by atoms with van der Waals surface area (Å²) in [7, 11) is 0. The van der Waals surface area contributed by atoms with Crippen LogP contribution in [-0.4, -0.2) is 24.2 Å². The second-order valence-corrected chi connectivity index (χ2v) is 4.79. The van der Waals surface area contributed by atoms with Crippen LogP contribution in [0.15, 0.2) is 35.9 Å². The van der Waals surface area contributed by atoms with Crippen LogP contribution in [0.25, 0.3) is 0 Å². The van der Waals surface area contributed by atoms with Gasteiger partial charge in [0.2, 0.25) is 0 Å². The minimum Gasteiger partial charge on any atom is -0.481 e. The van der Waals surface area contributed by atoms with Crippen molar-refractivity contribution >= 4 is 23.3 Å². The Bertz CT molecular complexity index is 417. The van der Waals surface area contributed by atoms with Crippen molar-refractivity contribution in [2.24, 2.45) is 0 Å². The van der Waals surface area contributed by atoms with Gasteiger partial charge in [-0.3, -0.25) is 4.79 Å². The number of fused-ring (bicyclic) bond motifs is 1. The third kappa shape index (κ3) is 2.61. The molecule has 4 heteroatoms. The number of benzene rings is 1. The van der Waals surface area contributed by atoms with Gasteiger partial charge < -0.3 is 10.0 Å². The monoisotopic (exact) mass is 251 g/mol. The van der Waals surface area contributed by atoms with Crippen LogP contribution in [0, 0.1) is 0 Å². The van der Waals surface area contributed by atoms with Crippen LogP contribution in [0.1, 0.15) is 17.9 Å². The lowest BCUT2D eigenvalue weighted by Gasteiger charge is -2.18. The Hall–Kier alpha value is -1.48. The normalized spacial score (nSPS) is 17.9. The van der Waals surface area contributed by atoms with Crippen LogP contribution in [0.2, 0.25) is 0 Å². The lowest BCUT2D eigenvalue weighted by atomic mass is 9.98. The number of hydrogen-bond acceptors (Lipinski definition) is 2. The van der Waals surface area contributed by atoms with Crippen molar-refractivity contribution in [2.45, 2.75) is 12.3 Å². The quantitative estimate of drug-likeness (QED) is 0.895. The summed E-state index contributed by atoms with van der Waals surface area (Å²) >= 11 is 5.83. The Morgan fingerprint density at radius 1 is 1.53 bits per heavy atom. The van der Waals surface area contributed by atoms with Crippen LogP contribution >= 0.6 is 11.6 Å². The van der Waals surface area contributed by atoms with Gasteiger partial charge in [0.25, 0.3) is 0 Å². The molecule has 1 aliphatic rings. The van der Waals surface area contributed by atoms with Crippen LogP contribution < -0.4 is 4.90 Å². The predicted octanol–water partition coefficient (Wildman–Crippen LogP) is 2.82. The number of carboxylic acid groups (broad SMARTS) is 1. The smallest absolute Gasteiger partial charge is 0.304 e. The molecule has 0 spiro atoms.